The van der Waals surface area contributed by atoms with Crippen molar-refractivity contribution < 1.29 is 14.3 Å². The molecule has 25 heavy (non-hydrogen) atoms. The van der Waals surface area contributed by atoms with Gasteiger partial charge in [-0.1, -0.05) is 24.9 Å². The Balaban J connectivity index is 1.60. The third kappa shape index (κ3) is 4.07. The summed E-state index contributed by atoms with van der Waals surface area (Å²) in [6.07, 6.45) is 6.94. The van der Waals surface area contributed by atoms with Crippen molar-refractivity contribution >= 4 is 23.6 Å². The normalized spacial score (nSPS) is 20.0. The van der Waals surface area contributed by atoms with Crippen molar-refractivity contribution in [2.24, 2.45) is 0 Å². The number of likely N-dealkylation sites (tertiary alicyclic amines) is 1. The molecule has 6 nitrogen and oxygen atoms in total. The maximum absolute atomic E-state index is 12.5. The van der Waals surface area contributed by atoms with Crippen LogP contribution in [-0.2, 0) is 20.8 Å². The molecule has 0 bridgehead atoms. The minimum Gasteiger partial charge on any atom is -0.347 e. The quantitative estimate of drug-likeness (QED) is 0.750. The standard InChI is InChI=1S/C18H26ClN3O3/c1-3-4-9-22-17(19)15(14(2)20-22)5-6-16(23)21-10-7-18(8-11-21)24-12-13-25-18/h5-6H,3-4,7-13H2,1-2H3/b6-5+. The summed E-state index contributed by atoms with van der Waals surface area (Å²) in [6.45, 7) is 7.43. The van der Waals surface area contributed by atoms with Gasteiger partial charge in [-0.2, -0.15) is 5.10 Å². The van der Waals surface area contributed by atoms with Crippen LogP contribution in [0.15, 0.2) is 6.08 Å². The molecule has 3 heterocycles. The molecule has 0 unspecified atom stereocenters. The third-order valence-corrected chi connectivity index (χ3v) is 5.27. The molecule has 1 amide bonds. The minimum absolute atomic E-state index is 0.00961. The Bertz CT molecular complexity index is 640. The summed E-state index contributed by atoms with van der Waals surface area (Å²) in [7, 11) is 0. The number of hydrogen-bond donors (Lipinski definition) is 0. The summed E-state index contributed by atoms with van der Waals surface area (Å²) in [6, 6.07) is 0. The summed E-state index contributed by atoms with van der Waals surface area (Å²) < 4.78 is 13.2. The Hall–Kier alpha value is -1.37. The third-order valence-electron chi connectivity index (χ3n) is 4.88. The summed E-state index contributed by atoms with van der Waals surface area (Å²) >= 11 is 6.41. The highest BCUT2D eigenvalue weighted by molar-refractivity contribution is 6.31. The van der Waals surface area contributed by atoms with E-state index in [0.717, 1.165) is 43.5 Å². The monoisotopic (exact) mass is 367 g/mol. The summed E-state index contributed by atoms with van der Waals surface area (Å²) in [5.74, 6) is -0.467. The van der Waals surface area contributed by atoms with Crippen molar-refractivity contribution in [3.63, 3.8) is 0 Å². The van der Waals surface area contributed by atoms with E-state index >= 15 is 0 Å². The van der Waals surface area contributed by atoms with Crippen LogP contribution in [0.3, 0.4) is 0 Å². The molecular formula is C18H26ClN3O3. The molecule has 138 valence electrons. The van der Waals surface area contributed by atoms with E-state index in [1.54, 1.807) is 12.2 Å². The highest BCUT2D eigenvalue weighted by Crippen LogP contribution is 2.31. The van der Waals surface area contributed by atoms with E-state index in [1.165, 1.54) is 0 Å². The molecule has 0 radical (unpaired) electrons. The highest BCUT2D eigenvalue weighted by Gasteiger charge is 2.40. The molecule has 3 rings (SSSR count). The first kappa shape index (κ1) is 18.4. The number of carbonyl (C=O) groups is 1. The van der Waals surface area contributed by atoms with Crippen molar-refractivity contribution in [3.05, 3.63) is 22.5 Å². The van der Waals surface area contributed by atoms with Crippen molar-refractivity contribution in [3.8, 4) is 0 Å². The Morgan fingerprint density at radius 3 is 2.64 bits per heavy atom. The zero-order valence-electron chi connectivity index (χ0n) is 15.0. The van der Waals surface area contributed by atoms with Crippen LogP contribution in [0, 0.1) is 6.92 Å². The lowest BCUT2D eigenvalue weighted by Gasteiger charge is -2.37. The lowest BCUT2D eigenvalue weighted by molar-refractivity contribution is -0.186. The van der Waals surface area contributed by atoms with E-state index in [-0.39, 0.29) is 5.91 Å². The van der Waals surface area contributed by atoms with Crippen LogP contribution in [0.2, 0.25) is 5.15 Å². The van der Waals surface area contributed by atoms with Gasteiger partial charge in [-0.05, 0) is 19.4 Å². The Labute approximate surface area is 153 Å². The number of carbonyl (C=O) groups excluding carboxylic acids is 1. The largest absolute Gasteiger partial charge is 0.347 e. The molecule has 2 aliphatic heterocycles. The van der Waals surface area contributed by atoms with Gasteiger partial charge in [0.15, 0.2) is 5.79 Å². The fourth-order valence-corrected chi connectivity index (χ4v) is 3.65. The van der Waals surface area contributed by atoms with E-state index in [4.69, 9.17) is 21.1 Å². The Morgan fingerprint density at radius 1 is 1.32 bits per heavy atom. The average molecular weight is 368 g/mol. The van der Waals surface area contributed by atoms with E-state index in [9.17, 15) is 4.79 Å². The first-order chi connectivity index (χ1) is 12.0. The first-order valence-corrected chi connectivity index (χ1v) is 9.40. The summed E-state index contributed by atoms with van der Waals surface area (Å²) in [4.78, 5) is 14.3. The number of unbranched alkanes of at least 4 members (excludes halogenated alkanes) is 1. The van der Waals surface area contributed by atoms with Gasteiger partial charge in [-0.15, -0.1) is 0 Å². The summed E-state index contributed by atoms with van der Waals surface area (Å²) in [5, 5.41) is 5.06. The molecule has 0 atom stereocenters. The van der Waals surface area contributed by atoms with E-state index < -0.39 is 5.79 Å². The molecule has 1 aromatic heterocycles. The number of piperidine rings is 1. The van der Waals surface area contributed by atoms with Gasteiger partial charge < -0.3 is 14.4 Å². The minimum atomic E-state index is -0.458. The van der Waals surface area contributed by atoms with Crippen molar-refractivity contribution in [2.75, 3.05) is 26.3 Å². The van der Waals surface area contributed by atoms with Crippen LogP contribution in [-0.4, -0.2) is 52.7 Å². The van der Waals surface area contributed by atoms with Gasteiger partial charge in [0.2, 0.25) is 5.91 Å². The second-order valence-corrected chi connectivity index (χ2v) is 6.99. The maximum Gasteiger partial charge on any atom is 0.246 e. The molecule has 0 aliphatic carbocycles. The molecular weight excluding hydrogens is 342 g/mol. The van der Waals surface area contributed by atoms with Gasteiger partial charge in [0.1, 0.15) is 5.15 Å². The molecule has 0 saturated carbocycles. The summed E-state index contributed by atoms with van der Waals surface area (Å²) in [5.41, 5.74) is 1.66. The predicted molar refractivity (Wildman–Crippen MR) is 96.4 cm³/mol. The number of ether oxygens (including phenoxy) is 2. The number of aryl methyl sites for hydroxylation is 2. The molecule has 0 N–H and O–H groups in total. The lowest BCUT2D eigenvalue weighted by Crippen LogP contribution is -2.46. The van der Waals surface area contributed by atoms with Gasteiger partial charge in [0.05, 0.1) is 18.9 Å². The van der Waals surface area contributed by atoms with Crippen LogP contribution in [0.1, 0.15) is 43.9 Å². The van der Waals surface area contributed by atoms with Gasteiger partial charge in [-0.25, -0.2) is 0 Å². The van der Waals surface area contributed by atoms with E-state index in [1.807, 2.05) is 16.5 Å². The van der Waals surface area contributed by atoms with Crippen molar-refractivity contribution in [1.82, 2.24) is 14.7 Å². The number of amides is 1. The van der Waals surface area contributed by atoms with Gasteiger partial charge in [-0.3, -0.25) is 9.48 Å². The molecule has 7 heteroatoms. The van der Waals surface area contributed by atoms with Crippen LogP contribution in [0.5, 0.6) is 0 Å². The number of halogens is 1. The molecule has 2 aliphatic rings. The fourth-order valence-electron chi connectivity index (χ4n) is 3.33. The molecule has 1 aromatic rings. The second-order valence-electron chi connectivity index (χ2n) is 6.63. The SMILES string of the molecule is CCCCn1nc(C)c(/C=C/C(=O)N2CCC3(CC2)OCCO3)c1Cl. The zero-order chi connectivity index (χ0) is 17.9. The Kier molecular flexibility index (Phi) is 5.81. The Morgan fingerprint density at radius 2 is 2.00 bits per heavy atom. The number of rotatable bonds is 5. The van der Waals surface area contributed by atoms with Crippen LogP contribution in [0.4, 0.5) is 0 Å². The number of nitrogens with zero attached hydrogens (tertiary/aromatic N) is 3. The number of aromatic nitrogens is 2. The van der Waals surface area contributed by atoms with Crippen molar-refractivity contribution in [2.45, 2.75) is 51.9 Å². The van der Waals surface area contributed by atoms with Gasteiger partial charge in [0.25, 0.3) is 0 Å². The van der Waals surface area contributed by atoms with Crippen LogP contribution in [0.25, 0.3) is 6.08 Å². The van der Waals surface area contributed by atoms with Crippen LogP contribution >= 0.6 is 11.6 Å². The molecule has 0 aromatic carbocycles. The smallest absolute Gasteiger partial charge is 0.246 e. The lowest BCUT2D eigenvalue weighted by atomic mass is 10.0. The second kappa shape index (κ2) is 7.89. The van der Waals surface area contributed by atoms with Gasteiger partial charge >= 0.3 is 0 Å². The number of hydrogen-bond acceptors (Lipinski definition) is 4. The molecule has 2 saturated heterocycles. The van der Waals surface area contributed by atoms with Gasteiger partial charge in [0, 0.05) is 44.1 Å². The van der Waals surface area contributed by atoms with E-state index in [2.05, 4.69) is 12.0 Å². The highest BCUT2D eigenvalue weighted by atomic mass is 35.5. The van der Waals surface area contributed by atoms with E-state index in [0.29, 0.717) is 31.5 Å². The average Bonchev–Trinajstić information content (AvgIpc) is 3.17. The molecule has 1 spiro atoms. The zero-order valence-corrected chi connectivity index (χ0v) is 15.7. The predicted octanol–water partition coefficient (Wildman–Crippen LogP) is 3.02. The fraction of sp³-hybridized carbons (Fsp3) is 0.667. The maximum atomic E-state index is 12.5. The molecule has 2 fully saturated rings. The van der Waals surface area contributed by atoms with Crippen LogP contribution < -0.4 is 0 Å². The topological polar surface area (TPSA) is 56.6 Å². The van der Waals surface area contributed by atoms with Crippen molar-refractivity contribution in [1.29, 1.82) is 0 Å². The first-order valence-electron chi connectivity index (χ1n) is 9.02.